The van der Waals surface area contributed by atoms with E-state index in [1.54, 1.807) is 33.5 Å². The Morgan fingerprint density at radius 1 is 0.963 bits per heavy atom. The summed E-state index contributed by atoms with van der Waals surface area (Å²) in [4.78, 5) is 3.42. The van der Waals surface area contributed by atoms with E-state index < -0.39 is 0 Å². The summed E-state index contributed by atoms with van der Waals surface area (Å²) >= 11 is 0. The number of nitrogens with one attached hydrogen (secondary N) is 1. The average Bonchev–Trinajstić information content (AvgIpc) is 3.04. The zero-order valence-corrected chi connectivity index (χ0v) is 15.9. The Morgan fingerprint density at radius 2 is 1.67 bits per heavy atom. The van der Waals surface area contributed by atoms with Crippen molar-refractivity contribution in [1.29, 1.82) is 0 Å². The third-order valence-corrected chi connectivity index (χ3v) is 4.70. The molecular weight excluding hydrogens is 347 g/mol. The Kier molecular flexibility index (Phi) is 5.86. The smallest absolute Gasteiger partial charge is 0.203 e. The van der Waals surface area contributed by atoms with Crippen LogP contribution in [0, 0.1) is 5.82 Å². The van der Waals surface area contributed by atoms with Crippen LogP contribution >= 0.6 is 0 Å². The van der Waals surface area contributed by atoms with E-state index >= 15 is 0 Å². The number of benzene rings is 2. The molecule has 2 aromatic carbocycles. The van der Waals surface area contributed by atoms with Crippen molar-refractivity contribution in [1.82, 2.24) is 4.98 Å². The lowest BCUT2D eigenvalue weighted by Gasteiger charge is -2.14. The van der Waals surface area contributed by atoms with Gasteiger partial charge in [-0.05, 0) is 61.7 Å². The lowest BCUT2D eigenvalue weighted by molar-refractivity contribution is 0.324. The fourth-order valence-corrected chi connectivity index (χ4v) is 3.40. The fourth-order valence-electron chi connectivity index (χ4n) is 3.40. The average molecular weight is 372 g/mol. The molecule has 1 aromatic heterocycles. The highest BCUT2D eigenvalue weighted by atomic mass is 19.1. The molecule has 0 saturated carbocycles. The van der Waals surface area contributed by atoms with Crippen LogP contribution in [0.3, 0.4) is 0 Å². The maximum Gasteiger partial charge on any atom is 0.203 e. The Bertz CT molecular complexity index is 912. The minimum atomic E-state index is -0.252. The molecule has 0 amide bonds. The van der Waals surface area contributed by atoms with Crippen LogP contribution in [0.2, 0.25) is 0 Å². The van der Waals surface area contributed by atoms with Crippen molar-refractivity contribution in [2.75, 3.05) is 27.9 Å². The predicted molar refractivity (Wildman–Crippen MR) is 105 cm³/mol. The van der Waals surface area contributed by atoms with Crippen LogP contribution in [0.15, 0.2) is 30.3 Å². The van der Waals surface area contributed by atoms with Gasteiger partial charge in [-0.2, -0.15) is 0 Å². The summed E-state index contributed by atoms with van der Waals surface area (Å²) in [6, 6.07) is 8.59. The van der Waals surface area contributed by atoms with Gasteiger partial charge in [0.2, 0.25) is 5.75 Å². The van der Waals surface area contributed by atoms with Gasteiger partial charge in [0, 0.05) is 22.2 Å². The number of rotatable bonds is 8. The van der Waals surface area contributed by atoms with Crippen molar-refractivity contribution < 1.29 is 18.6 Å². The van der Waals surface area contributed by atoms with Crippen molar-refractivity contribution in [3.05, 3.63) is 41.7 Å². The predicted octanol–water partition coefficient (Wildman–Crippen LogP) is 4.28. The number of ether oxygens (including phenoxy) is 3. The highest BCUT2D eigenvalue weighted by Crippen LogP contribution is 2.42. The highest BCUT2D eigenvalue weighted by Gasteiger charge is 2.19. The van der Waals surface area contributed by atoms with Gasteiger partial charge in [0.05, 0.1) is 21.3 Å². The van der Waals surface area contributed by atoms with E-state index in [4.69, 9.17) is 19.9 Å². The first kappa shape index (κ1) is 19.0. The number of aromatic nitrogens is 1. The van der Waals surface area contributed by atoms with Crippen molar-refractivity contribution in [3.63, 3.8) is 0 Å². The Balaban J connectivity index is 2.19. The Hall–Kier alpha value is -2.73. The number of aryl methyl sites for hydroxylation is 1. The summed E-state index contributed by atoms with van der Waals surface area (Å²) < 4.78 is 30.2. The van der Waals surface area contributed by atoms with Gasteiger partial charge in [0.25, 0.3) is 0 Å². The zero-order chi connectivity index (χ0) is 19.4. The molecule has 5 nitrogen and oxygen atoms in total. The molecule has 0 aliphatic heterocycles. The molecule has 3 rings (SSSR count). The molecule has 0 aliphatic rings. The molecule has 3 N–H and O–H groups in total. The number of unbranched alkanes of at least 4 members (excludes halogenated alkanes) is 1. The van der Waals surface area contributed by atoms with E-state index in [0.717, 1.165) is 47.0 Å². The van der Waals surface area contributed by atoms with Crippen molar-refractivity contribution in [2.45, 2.75) is 19.3 Å². The van der Waals surface area contributed by atoms with Crippen LogP contribution in [0.5, 0.6) is 17.2 Å². The van der Waals surface area contributed by atoms with Crippen molar-refractivity contribution in [2.24, 2.45) is 5.73 Å². The molecular formula is C21H25FN2O3. The largest absolute Gasteiger partial charge is 0.493 e. The van der Waals surface area contributed by atoms with Crippen molar-refractivity contribution in [3.8, 4) is 28.5 Å². The number of fused-ring (bicyclic) bond motifs is 1. The molecule has 0 unspecified atom stereocenters. The molecule has 0 radical (unpaired) electrons. The molecule has 144 valence electrons. The Morgan fingerprint density at radius 3 is 2.26 bits per heavy atom. The summed E-state index contributed by atoms with van der Waals surface area (Å²) in [6.45, 7) is 0.635. The summed E-state index contributed by atoms with van der Waals surface area (Å²) in [5, 5.41) is 0.885. The van der Waals surface area contributed by atoms with Gasteiger partial charge in [0.15, 0.2) is 11.5 Å². The van der Waals surface area contributed by atoms with E-state index in [2.05, 4.69) is 4.98 Å². The number of methoxy groups -OCH3 is 3. The van der Waals surface area contributed by atoms with Gasteiger partial charge < -0.3 is 24.9 Å². The number of H-pyrrole nitrogens is 1. The summed E-state index contributed by atoms with van der Waals surface area (Å²) in [5.74, 6) is 1.43. The summed E-state index contributed by atoms with van der Waals surface area (Å²) in [7, 11) is 4.75. The Labute approximate surface area is 158 Å². The molecule has 3 aromatic rings. The highest BCUT2D eigenvalue weighted by molar-refractivity contribution is 5.91. The van der Waals surface area contributed by atoms with Crippen LogP contribution in [-0.2, 0) is 6.42 Å². The summed E-state index contributed by atoms with van der Waals surface area (Å²) in [6.07, 6.45) is 2.64. The molecule has 1 heterocycles. The fraction of sp³-hybridized carbons (Fsp3) is 0.333. The SMILES string of the molecule is COc1cc(-c2[nH]c3ccc(F)cc3c2CCCCN)cc(OC)c1OC. The van der Waals surface area contributed by atoms with E-state index in [0.29, 0.717) is 23.8 Å². The minimum Gasteiger partial charge on any atom is -0.493 e. The molecule has 0 fully saturated rings. The van der Waals surface area contributed by atoms with Crippen LogP contribution in [0.4, 0.5) is 4.39 Å². The molecule has 0 bridgehead atoms. The normalized spacial score (nSPS) is 11.0. The second kappa shape index (κ2) is 8.31. The van der Waals surface area contributed by atoms with E-state index in [1.807, 2.05) is 12.1 Å². The van der Waals surface area contributed by atoms with E-state index in [9.17, 15) is 4.39 Å². The number of hydrogen-bond donors (Lipinski definition) is 2. The number of hydrogen-bond acceptors (Lipinski definition) is 4. The standard InChI is InChI=1S/C21H25FN2O3/c1-25-18-10-13(11-19(26-2)21(18)27-3)20-15(6-4-5-9-23)16-12-14(22)7-8-17(16)24-20/h7-8,10-12,24H,4-6,9,23H2,1-3H3. The van der Waals surface area contributed by atoms with Gasteiger partial charge in [-0.3, -0.25) is 0 Å². The monoisotopic (exact) mass is 372 g/mol. The second-order valence-corrected chi connectivity index (χ2v) is 6.33. The minimum absolute atomic E-state index is 0.252. The van der Waals surface area contributed by atoms with E-state index in [-0.39, 0.29) is 5.82 Å². The van der Waals surface area contributed by atoms with Crippen LogP contribution in [0.1, 0.15) is 18.4 Å². The number of aromatic amines is 1. The van der Waals surface area contributed by atoms with E-state index in [1.165, 1.54) is 6.07 Å². The van der Waals surface area contributed by atoms with Gasteiger partial charge in [-0.25, -0.2) is 4.39 Å². The lowest BCUT2D eigenvalue weighted by atomic mass is 9.99. The number of halogens is 1. The quantitative estimate of drug-likeness (QED) is 0.579. The molecule has 0 saturated heterocycles. The van der Waals surface area contributed by atoms with Gasteiger partial charge >= 0.3 is 0 Å². The topological polar surface area (TPSA) is 69.5 Å². The molecule has 27 heavy (non-hydrogen) atoms. The zero-order valence-electron chi connectivity index (χ0n) is 15.9. The van der Waals surface area contributed by atoms with Crippen LogP contribution < -0.4 is 19.9 Å². The van der Waals surface area contributed by atoms with Crippen LogP contribution in [0.25, 0.3) is 22.2 Å². The van der Waals surface area contributed by atoms with Gasteiger partial charge in [-0.15, -0.1) is 0 Å². The maximum absolute atomic E-state index is 13.9. The number of nitrogens with two attached hydrogens (primary N) is 1. The first-order valence-corrected chi connectivity index (χ1v) is 8.93. The molecule has 6 heteroatoms. The first-order valence-electron chi connectivity index (χ1n) is 8.93. The molecule has 0 aliphatic carbocycles. The first-order chi connectivity index (χ1) is 13.1. The summed E-state index contributed by atoms with van der Waals surface area (Å²) in [5.41, 5.74) is 9.42. The van der Waals surface area contributed by atoms with Crippen molar-refractivity contribution >= 4 is 10.9 Å². The van der Waals surface area contributed by atoms with Gasteiger partial charge in [-0.1, -0.05) is 0 Å². The maximum atomic E-state index is 13.9. The second-order valence-electron chi connectivity index (χ2n) is 6.33. The lowest BCUT2D eigenvalue weighted by Crippen LogP contribution is -2.00. The molecule has 0 spiro atoms. The van der Waals surface area contributed by atoms with Gasteiger partial charge in [0.1, 0.15) is 5.82 Å². The third kappa shape index (κ3) is 3.71. The molecule has 0 atom stereocenters. The van der Waals surface area contributed by atoms with Crippen LogP contribution in [-0.4, -0.2) is 32.9 Å². The third-order valence-electron chi connectivity index (χ3n) is 4.70.